The number of aromatic nitrogens is 4. The lowest BCUT2D eigenvalue weighted by molar-refractivity contribution is -0.139. The van der Waals surface area contributed by atoms with Gasteiger partial charge in [-0.25, -0.2) is 15.0 Å². The van der Waals surface area contributed by atoms with Crippen LogP contribution in [0.3, 0.4) is 0 Å². The van der Waals surface area contributed by atoms with Crippen molar-refractivity contribution >= 4 is 28.3 Å². The van der Waals surface area contributed by atoms with Gasteiger partial charge >= 0.3 is 6.18 Å². The number of hydrogen-bond acceptors (Lipinski definition) is 4. The van der Waals surface area contributed by atoms with E-state index in [2.05, 4.69) is 15.0 Å². The summed E-state index contributed by atoms with van der Waals surface area (Å²) in [5, 5.41) is 0.399. The highest BCUT2D eigenvalue weighted by Gasteiger charge is 2.27. The second-order valence-electron chi connectivity index (χ2n) is 6.65. The van der Waals surface area contributed by atoms with Crippen molar-refractivity contribution in [2.45, 2.75) is 26.4 Å². The first-order chi connectivity index (χ1) is 13.7. The van der Waals surface area contributed by atoms with E-state index >= 15 is 0 Å². The SMILES string of the molecule is Cc1ccc2nc(C)c3cnc(-c4cc(OCCC(F)(F)F)ccc4Cl)n3c2n1. The standard InChI is InChI=1S/C20H16ClF3N4O/c1-11-3-6-16-19(26-11)28-17(12(2)27-16)10-25-18(28)14-9-13(4-5-15(14)21)29-8-7-20(22,23)24/h3-6,9-10H,7-8H2,1-2H3. The molecule has 4 rings (SSSR count). The Labute approximate surface area is 169 Å². The minimum Gasteiger partial charge on any atom is -0.493 e. The smallest absolute Gasteiger partial charge is 0.392 e. The fraction of sp³-hybridized carbons (Fsp3) is 0.250. The van der Waals surface area contributed by atoms with Gasteiger partial charge in [-0.2, -0.15) is 13.2 Å². The minimum absolute atomic E-state index is 0.282. The third kappa shape index (κ3) is 3.85. The van der Waals surface area contributed by atoms with Crippen LogP contribution in [0.2, 0.25) is 5.02 Å². The van der Waals surface area contributed by atoms with Crippen molar-refractivity contribution in [2.75, 3.05) is 6.61 Å². The van der Waals surface area contributed by atoms with Gasteiger partial charge in [-0.1, -0.05) is 11.6 Å². The molecule has 0 amide bonds. The van der Waals surface area contributed by atoms with Crippen molar-refractivity contribution in [3.8, 4) is 17.1 Å². The Kier molecular flexibility index (Phi) is 4.82. The normalized spacial score (nSPS) is 12.1. The Morgan fingerprint density at radius 1 is 1.10 bits per heavy atom. The maximum Gasteiger partial charge on any atom is 0.392 e. The number of fused-ring (bicyclic) bond motifs is 3. The maximum atomic E-state index is 12.4. The molecule has 0 unspecified atom stereocenters. The molecule has 0 aliphatic heterocycles. The third-order valence-corrected chi connectivity index (χ3v) is 4.79. The van der Waals surface area contributed by atoms with Gasteiger partial charge in [0.15, 0.2) is 5.65 Å². The molecule has 0 N–H and O–H groups in total. The highest BCUT2D eigenvalue weighted by atomic mass is 35.5. The van der Waals surface area contributed by atoms with Gasteiger partial charge < -0.3 is 4.74 Å². The van der Waals surface area contributed by atoms with E-state index in [1.165, 1.54) is 6.07 Å². The minimum atomic E-state index is -4.28. The van der Waals surface area contributed by atoms with Gasteiger partial charge in [0.2, 0.25) is 0 Å². The molecule has 0 bridgehead atoms. The summed E-state index contributed by atoms with van der Waals surface area (Å²) >= 11 is 6.39. The van der Waals surface area contributed by atoms with Crippen LogP contribution >= 0.6 is 11.6 Å². The zero-order valence-electron chi connectivity index (χ0n) is 15.6. The quantitative estimate of drug-likeness (QED) is 0.434. The number of ether oxygens (including phenoxy) is 1. The number of imidazole rings is 1. The van der Waals surface area contributed by atoms with Gasteiger partial charge in [0.05, 0.1) is 35.5 Å². The molecule has 0 radical (unpaired) electrons. The number of alkyl halides is 3. The van der Waals surface area contributed by atoms with E-state index < -0.39 is 19.2 Å². The lowest BCUT2D eigenvalue weighted by atomic mass is 10.2. The van der Waals surface area contributed by atoms with Gasteiger partial charge in [-0.3, -0.25) is 4.40 Å². The first-order valence-electron chi connectivity index (χ1n) is 8.84. The van der Waals surface area contributed by atoms with Crippen molar-refractivity contribution in [1.29, 1.82) is 0 Å². The first-order valence-corrected chi connectivity index (χ1v) is 9.21. The van der Waals surface area contributed by atoms with E-state index in [0.29, 0.717) is 27.6 Å². The van der Waals surface area contributed by atoms with Crippen molar-refractivity contribution in [1.82, 2.24) is 19.4 Å². The van der Waals surface area contributed by atoms with Crippen molar-refractivity contribution < 1.29 is 17.9 Å². The Hall–Kier alpha value is -2.87. The van der Waals surface area contributed by atoms with Crippen molar-refractivity contribution in [3.63, 3.8) is 0 Å². The van der Waals surface area contributed by atoms with Crippen LogP contribution in [0.4, 0.5) is 13.2 Å². The van der Waals surface area contributed by atoms with Gasteiger partial charge in [0, 0.05) is 11.3 Å². The van der Waals surface area contributed by atoms with Crippen LogP contribution < -0.4 is 4.74 Å². The second kappa shape index (κ2) is 7.18. The van der Waals surface area contributed by atoms with Crippen LogP contribution in [-0.2, 0) is 0 Å². The van der Waals surface area contributed by atoms with Gasteiger partial charge in [-0.05, 0) is 44.2 Å². The predicted molar refractivity (Wildman–Crippen MR) is 104 cm³/mol. The summed E-state index contributed by atoms with van der Waals surface area (Å²) in [7, 11) is 0. The Morgan fingerprint density at radius 3 is 2.66 bits per heavy atom. The van der Waals surface area contributed by atoms with E-state index in [4.69, 9.17) is 16.3 Å². The average Bonchev–Trinajstić information content (AvgIpc) is 3.09. The second-order valence-corrected chi connectivity index (χ2v) is 7.06. The molecular formula is C20H16ClF3N4O. The van der Waals surface area contributed by atoms with Crippen molar-refractivity contribution in [3.05, 3.63) is 52.9 Å². The van der Waals surface area contributed by atoms with E-state index in [-0.39, 0.29) is 5.75 Å². The summed E-state index contributed by atoms with van der Waals surface area (Å²) < 4.78 is 44.3. The van der Waals surface area contributed by atoms with Gasteiger partial charge in [0.25, 0.3) is 0 Å². The molecule has 0 spiro atoms. The number of aryl methyl sites for hydroxylation is 2. The molecule has 29 heavy (non-hydrogen) atoms. The molecule has 4 aromatic rings. The number of nitrogens with zero attached hydrogens (tertiary/aromatic N) is 4. The van der Waals surface area contributed by atoms with Gasteiger partial charge in [-0.15, -0.1) is 0 Å². The molecule has 0 fully saturated rings. The lowest BCUT2D eigenvalue weighted by Gasteiger charge is -2.12. The van der Waals surface area contributed by atoms with Crippen LogP contribution in [0.15, 0.2) is 36.5 Å². The molecule has 9 heteroatoms. The lowest BCUT2D eigenvalue weighted by Crippen LogP contribution is -2.13. The molecule has 0 saturated carbocycles. The fourth-order valence-corrected chi connectivity index (χ4v) is 3.29. The van der Waals surface area contributed by atoms with Crippen LogP contribution in [-0.4, -0.2) is 32.1 Å². The van der Waals surface area contributed by atoms with E-state index in [0.717, 1.165) is 16.9 Å². The molecule has 0 aliphatic carbocycles. The average molecular weight is 421 g/mol. The number of hydrogen-bond donors (Lipinski definition) is 0. The summed E-state index contributed by atoms with van der Waals surface area (Å²) in [4.78, 5) is 13.7. The van der Waals surface area contributed by atoms with Crippen LogP contribution in [0, 0.1) is 13.8 Å². The summed E-state index contributed by atoms with van der Waals surface area (Å²) in [6, 6.07) is 8.46. The highest BCUT2D eigenvalue weighted by Crippen LogP contribution is 2.33. The predicted octanol–water partition coefficient (Wildman–Crippen LogP) is 5.55. The summed E-state index contributed by atoms with van der Waals surface area (Å²) in [5.41, 5.74) is 4.22. The van der Waals surface area contributed by atoms with Crippen LogP contribution in [0.5, 0.6) is 5.75 Å². The number of pyridine rings is 1. The third-order valence-electron chi connectivity index (χ3n) is 4.46. The highest BCUT2D eigenvalue weighted by molar-refractivity contribution is 6.33. The molecule has 0 saturated heterocycles. The maximum absolute atomic E-state index is 12.4. The topological polar surface area (TPSA) is 52.3 Å². The number of rotatable bonds is 4. The van der Waals surface area contributed by atoms with Crippen LogP contribution in [0.1, 0.15) is 17.8 Å². The molecule has 150 valence electrons. The Bertz CT molecular complexity index is 1220. The number of benzene rings is 1. The molecule has 0 atom stereocenters. The molecular weight excluding hydrogens is 405 g/mol. The Balaban J connectivity index is 1.83. The van der Waals surface area contributed by atoms with E-state index in [1.54, 1.807) is 18.3 Å². The first kappa shape index (κ1) is 19.4. The zero-order chi connectivity index (χ0) is 20.8. The monoisotopic (exact) mass is 420 g/mol. The summed E-state index contributed by atoms with van der Waals surface area (Å²) in [5.74, 6) is 0.796. The molecule has 3 heterocycles. The molecule has 0 aliphatic rings. The van der Waals surface area contributed by atoms with Gasteiger partial charge in [0.1, 0.15) is 17.1 Å². The van der Waals surface area contributed by atoms with E-state index in [1.807, 2.05) is 30.4 Å². The summed E-state index contributed by atoms with van der Waals surface area (Å²) in [6.07, 6.45) is -3.63. The molecule has 3 aromatic heterocycles. The van der Waals surface area contributed by atoms with Crippen LogP contribution in [0.25, 0.3) is 28.1 Å². The Morgan fingerprint density at radius 2 is 1.90 bits per heavy atom. The summed E-state index contributed by atoms with van der Waals surface area (Å²) in [6.45, 7) is 3.28. The van der Waals surface area contributed by atoms with Crippen molar-refractivity contribution in [2.24, 2.45) is 0 Å². The fourth-order valence-electron chi connectivity index (χ4n) is 3.09. The molecule has 1 aromatic carbocycles. The zero-order valence-corrected chi connectivity index (χ0v) is 16.3. The largest absolute Gasteiger partial charge is 0.493 e. The van der Waals surface area contributed by atoms with E-state index in [9.17, 15) is 13.2 Å². The molecule has 5 nitrogen and oxygen atoms in total. The number of halogens is 4.